The second kappa shape index (κ2) is 5.12. The number of hydrogen-bond acceptors (Lipinski definition) is 1. The molecule has 0 aromatic heterocycles. The third-order valence-corrected chi connectivity index (χ3v) is 2.25. The fourth-order valence-electron chi connectivity index (χ4n) is 1.17. The molecule has 2 nitrogen and oxygen atoms in total. The smallest absolute Gasteiger partial charge is 0.242 e. The Kier molecular flexibility index (Phi) is 4.09. The normalized spacial score (nSPS) is 12.6. The van der Waals surface area contributed by atoms with E-state index in [9.17, 15) is 9.18 Å². The minimum absolute atomic E-state index is 0.0207. The van der Waals surface area contributed by atoms with E-state index in [1.807, 2.05) is 13.8 Å². The van der Waals surface area contributed by atoms with Gasteiger partial charge in [-0.1, -0.05) is 12.1 Å². The molecule has 1 aromatic rings. The highest BCUT2D eigenvalue weighted by molar-refractivity contribution is 6.30. The molecule has 1 aromatic carbocycles. The summed E-state index contributed by atoms with van der Waals surface area (Å²) in [5.41, 5.74) is 0.467. The summed E-state index contributed by atoms with van der Waals surface area (Å²) >= 11 is 5.89. The van der Waals surface area contributed by atoms with Crippen molar-refractivity contribution in [2.75, 3.05) is 0 Å². The van der Waals surface area contributed by atoms with Gasteiger partial charge in [-0.15, -0.1) is 11.6 Å². The topological polar surface area (TPSA) is 29.1 Å². The number of alkyl halides is 1. The van der Waals surface area contributed by atoms with Crippen molar-refractivity contribution in [1.82, 2.24) is 5.32 Å². The largest absolute Gasteiger partial charge is 0.352 e. The summed E-state index contributed by atoms with van der Waals surface area (Å²) < 4.78 is 12.9. The van der Waals surface area contributed by atoms with Crippen LogP contribution in [0.2, 0.25) is 0 Å². The van der Waals surface area contributed by atoms with E-state index in [-0.39, 0.29) is 11.9 Å². The molecule has 0 heterocycles. The van der Waals surface area contributed by atoms with Gasteiger partial charge in [0.15, 0.2) is 0 Å². The molecule has 82 valence electrons. The molecule has 4 heteroatoms. The molecule has 1 N–H and O–H groups in total. The zero-order chi connectivity index (χ0) is 11.4. The standard InChI is InChI=1S/C11H13ClFNO/c1-7(2)14-11(15)10(12)8-4-3-5-9(13)6-8/h3-7,10H,1-2H3,(H,14,15). The Hall–Kier alpha value is -1.09. The van der Waals surface area contributed by atoms with Crippen LogP contribution in [0, 0.1) is 5.82 Å². The third-order valence-electron chi connectivity index (χ3n) is 1.80. The Bertz CT molecular complexity index is 354. The van der Waals surface area contributed by atoms with Crippen LogP contribution in [0.25, 0.3) is 0 Å². The first-order valence-electron chi connectivity index (χ1n) is 4.70. The average molecular weight is 230 g/mol. The van der Waals surface area contributed by atoms with E-state index in [4.69, 9.17) is 11.6 Å². The molecule has 0 saturated heterocycles. The minimum atomic E-state index is -0.844. The van der Waals surface area contributed by atoms with Gasteiger partial charge >= 0.3 is 0 Å². The molecule has 0 radical (unpaired) electrons. The molecular weight excluding hydrogens is 217 g/mol. The Morgan fingerprint density at radius 3 is 2.67 bits per heavy atom. The number of nitrogens with one attached hydrogen (secondary N) is 1. The summed E-state index contributed by atoms with van der Waals surface area (Å²) in [5, 5.41) is 1.82. The van der Waals surface area contributed by atoms with Gasteiger partial charge in [-0.3, -0.25) is 4.79 Å². The van der Waals surface area contributed by atoms with E-state index in [0.29, 0.717) is 5.56 Å². The number of halogens is 2. The van der Waals surface area contributed by atoms with Gasteiger partial charge in [-0.05, 0) is 31.5 Å². The van der Waals surface area contributed by atoms with Gasteiger partial charge in [0.2, 0.25) is 5.91 Å². The number of carbonyl (C=O) groups excluding carboxylic acids is 1. The molecular formula is C11H13ClFNO. The molecule has 0 bridgehead atoms. The lowest BCUT2D eigenvalue weighted by atomic mass is 10.1. The van der Waals surface area contributed by atoms with Crippen LogP contribution in [0.15, 0.2) is 24.3 Å². The van der Waals surface area contributed by atoms with Crippen LogP contribution in [-0.4, -0.2) is 11.9 Å². The van der Waals surface area contributed by atoms with Crippen LogP contribution in [0.4, 0.5) is 4.39 Å². The first kappa shape index (κ1) is 12.0. The van der Waals surface area contributed by atoms with Gasteiger partial charge in [0, 0.05) is 6.04 Å². The molecule has 1 amide bonds. The van der Waals surface area contributed by atoms with Crippen LogP contribution < -0.4 is 5.32 Å². The van der Waals surface area contributed by atoms with Crippen LogP contribution >= 0.6 is 11.6 Å². The lowest BCUT2D eigenvalue weighted by molar-refractivity contribution is -0.121. The van der Waals surface area contributed by atoms with E-state index in [1.54, 1.807) is 6.07 Å². The van der Waals surface area contributed by atoms with Crippen molar-refractivity contribution in [2.24, 2.45) is 0 Å². The minimum Gasteiger partial charge on any atom is -0.352 e. The molecule has 1 unspecified atom stereocenters. The van der Waals surface area contributed by atoms with Crippen LogP contribution in [0.3, 0.4) is 0 Å². The fourth-order valence-corrected chi connectivity index (χ4v) is 1.37. The number of hydrogen-bond donors (Lipinski definition) is 1. The number of rotatable bonds is 3. The lowest BCUT2D eigenvalue weighted by Gasteiger charge is -2.13. The van der Waals surface area contributed by atoms with Crippen molar-refractivity contribution >= 4 is 17.5 Å². The Balaban J connectivity index is 2.76. The number of benzene rings is 1. The highest BCUT2D eigenvalue weighted by Gasteiger charge is 2.18. The van der Waals surface area contributed by atoms with E-state index in [1.165, 1.54) is 18.2 Å². The van der Waals surface area contributed by atoms with E-state index >= 15 is 0 Å². The van der Waals surface area contributed by atoms with Crippen LogP contribution in [0.1, 0.15) is 24.8 Å². The van der Waals surface area contributed by atoms with Crippen molar-refractivity contribution in [3.63, 3.8) is 0 Å². The van der Waals surface area contributed by atoms with E-state index in [0.717, 1.165) is 0 Å². The van der Waals surface area contributed by atoms with E-state index < -0.39 is 11.2 Å². The van der Waals surface area contributed by atoms with Crippen molar-refractivity contribution in [3.05, 3.63) is 35.6 Å². The SMILES string of the molecule is CC(C)NC(=O)C(Cl)c1cccc(F)c1. The molecule has 15 heavy (non-hydrogen) atoms. The highest BCUT2D eigenvalue weighted by Crippen LogP contribution is 2.21. The van der Waals surface area contributed by atoms with Crippen LogP contribution in [0.5, 0.6) is 0 Å². The second-order valence-electron chi connectivity index (χ2n) is 3.58. The van der Waals surface area contributed by atoms with Gasteiger partial charge in [-0.25, -0.2) is 4.39 Å². The summed E-state index contributed by atoms with van der Waals surface area (Å²) in [4.78, 5) is 11.5. The van der Waals surface area contributed by atoms with Gasteiger partial charge in [0.05, 0.1) is 0 Å². The monoisotopic (exact) mass is 229 g/mol. The van der Waals surface area contributed by atoms with Crippen molar-refractivity contribution < 1.29 is 9.18 Å². The average Bonchev–Trinajstić information content (AvgIpc) is 2.15. The Morgan fingerprint density at radius 2 is 2.13 bits per heavy atom. The van der Waals surface area contributed by atoms with Gasteiger partial charge in [-0.2, -0.15) is 0 Å². The fraction of sp³-hybridized carbons (Fsp3) is 0.364. The highest BCUT2D eigenvalue weighted by atomic mass is 35.5. The predicted octanol–water partition coefficient (Wildman–Crippen LogP) is 2.63. The molecule has 0 fully saturated rings. The molecule has 0 aliphatic carbocycles. The summed E-state index contributed by atoms with van der Waals surface area (Å²) in [5.74, 6) is -0.701. The van der Waals surface area contributed by atoms with Crippen molar-refractivity contribution in [3.8, 4) is 0 Å². The summed E-state index contributed by atoms with van der Waals surface area (Å²) in [6, 6.07) is 5.75. The predicted molar refractivity (Wildman–Crippen MR) is 58.3 cm³/mol. The molecule has 0 aliphatic heterocycles. The summed E-state index contributed by atoms with van der Waals surface area (Å²) in [7, 11) is 0. The summed E-state index contributed by atoms with van der Waals surface area (Å²) in [6.45, 7) is 3.68. The molecule has 0 spiro atoms. The lowest BCUT2D eigenvalue weighted by Crippen LogP contribution is -2.32. The Labute approximate surface area is 93.4 Å². The summed E-state index contributed by atoms with van der Waals surface area (Å²) in [6.07, 6.45) is 0. The van der Waals surface area contributed by atoms with E-state index in [2.05, 4.69) is 5.32 Å². The quantitative estimate of drug-likeness (QED) is 0.794. The third kappa shape index (κ3) is 3.51. The maximum Gasteiger partial charge on any atom is 0.242 e. The Morgan fingerprint density at radius 1 is 1.47 bits per heavy atom. The van der Waals surface area contributed by atoms with Gasteiger partial charge in [0.1, 0.15) is 11.2 Å². The zero-order valence-electron chi connectivity index (χ0n) is 8.63. The maximum atomic E-state index is 12.9. The molecule has 0 saturated carbocycles. The second-order valence-corrected chi connectivity index (χ2v) is 4.02. The maximum absolute atomic E-state index is 12.9. The molecule has 1 rings (SSSR count). The number of carbonyl (C=O) groups is 1. The van der Waals surface area contributed by atoms with Crippen LogP contribution in [-0.2, 0) is 4.79 Å². The van der Waals surface area contributed by atoms with Gasteiger partial charge < -0.3 is 5.32 Å². The molecule has 0 aliphatic rings. The zero-order valence-corrected chi connectivity index (χ0v) is 9.38. The van der Waals surface area contributed by atoms with Gasteiger partial charge in [0.25, 0.3) is 0 Å². The van der Waals surface area contributed by atoms with Crippen molar-refractivity contribution in [1.29, 1.82) is 0 Å². The first-order valence-corrected chi connectivity index (χ1v) is 5.14. The van der Waals surface area contributed by atoms with Crippen molar-refractivity contribution in [2.45, 2.75) is 25.3 Å². The molecule has 1 atom stereocenters. The number of amides is 1. The first-order chi connectivity index (χ1) is 7.00.